The summed E-state index contributed by atoms with van der Waals surface area (Å²) in [5.41, 5.74) is 4.51. The van der Waals surface area contributed by atoms with Gasteiger partial charge in [0, 0.05) is 25.2 Å². The highest BCUT2D eigenvalue weighted by atomic mass is 79.9. The number of ether oxygens (including phenoxy) is 2. The average Bonchev–Trinajstić information content (AvgIpc) is 3.07. The summed E-state index contributed by atoms with van der Waals surface area (Å²) in [6.45, 7) is 1.08. The predicted octanol–water partition coefficient (Wildman–Crippen LogP) is 8.31. The zero-order chi connectivity index (χ0) is 31.3. The first-order valence-corrected chi connectivity index (χ1v) is 15.2. The normalized spacial score (nSPS) is 14.2. The Morgan fingerprint density at radius 3 is 1.93 bits per heavy atom. The molecule has 45 heavy (non-hydrogen) atoms. The number of non-ortho nitro benzene ring substituents is 1. The van der Waals surface area contributed by atoms with Crippen LogP contribution in [0.2, 0.25) is 0 Å². The average molecular weight is 665 g/mol. The third-order valence-corrected chi connectivity index (χ3v) is 8.34. The first kappa shape index (κ1) is 29.9. The van der Waals surface area contributed by atoms with Crippen molar-refractivity contribution in [3.05, 3.63) is 164 Å². The number of nitro benzene ring substituents is 1. The lowest BCUT2D eigenvalue weighted by Crippen LogP contribution is -2.48. The van der Waals surface area contributed by atoms with Crippen molar-refractivity contribution in [2.45, 2.75) is 25.9 Å². The zero-order valence-corrected chi connectivity index (χ0v) is 26.1. The van der Waals surface area contributed by atoms with Gasteiger partial charge in [-0.2, -0.15) is 0 Å². The molecule has 0 bridgehead atoms. The summed E-state index contributed by atoms with van der Waals surface area (Å²) >= 11 is 3.72. The van der Waals surface area contributed by atoms with E-state index in [-0.39, 0.29) is 23.7 Å². The van der Waals surface area contributed by atoms with Gasteiger partial charge in [0.25, 0.3) is 11.6 Å². The quantitative estimate of drug-likeness (QED) is 0.110. The molecule has 0 saturated carbocycles. The standard InChI is InChI=1S/C36H30BrN3O5/c1-44-33-20-28(19-31(37)34(33)45-24-27-15-9-4-10-16-27)35-38(22-25-11-5-2-6-12-25)32-18-17-29(40(42)43)21-30(32)36(41)39(35)23-26-13-7-3-8-14-26/h2-21,35H,22-24H2,1H3/t35-/m1/s1. The number of rotatable bonds is 10. The lowest BCUT2D eigenvalue weighted by Gasteiger charge is -2.46. The minimum atomic E-state index is -0.583. The summed E-state index contributed by atoms with van der Waals surface area (Å²) in [7, 11) is 1.59. The molecular formula is C36H30BrN3O5. The van der Waals surface area contributed by atoms with Crippen molar-refractivity contribution in [3.63, 3.8) is 0 Å². The van der Waals surface area contributed by atoms with Gasteiger partial charge in [-0.05, 0) is 56.4 Å². The highest BCUT2D eigenvalue weighted by Gasteiger charge is 2.40. The summed E-state index contributed by atoms with van der Waals surface area (Å²) < 4.78 is 12.7. The molecular weight excluding hydrogens is 634 g/mol. The number of benzene rings is 5. The molecule has 0 saturated heterocycles. The first-order chi connectivity index (χ1) is 21.9. The van der Waals surface area contributed by atoms with E-state index >= 15 is 0 Å². The number of nitro groups is 1. The van der Waals surface area contributed by atoms with Gasteiger partial charge >= 0.3 is 0 Å². The van der Waals surface area contributed by atoms with Gasteiger partial charge in [0.05, 0.1) is 27.8 Å². The number of halogens is 1. The van der Waals surface area contributed by atoms with Crippen molar-refractivity contribution in [1.82, 2.24) is 4.90 Å². The number of anilines is 1. The van der Waals surface area contributed by atoms with Crippen molar-refractivity contribution in [2.75, 3.05) is 12.0 Å². The predicted molar refractivity (Wildman–Crippen MR) is 176 cm³/mol. The van der Waals surface area contributed by atoms with E-state index in [1.165, 1.54) is 12.1 Å². The second kappa shape index (κ2) is 13.2. The van der Waals surface area contributed by atoms with Crippen LogP contribution in [0.5, 0.6) is 11.5 Å². The molecule has 0 N–H and O–H groups in total. The highest BCUT2D eigenvalue weighted by molar-refractivity contribution is 9.10. The maximum absolute atomic E-state index is 14.4. The van der Waals surface area contributed by atoms with Crippen molar-refractivity contribution >= 4 is 33.2 Å². The van der Waals surface area contributed by atoms with Gasteiger partial charge in [0.2, 0.25) is 0 Å². The number of nitrogens with zero attached hydrogens (tertiary/aromatic N) is 3. The van der Waals surface area contributed by atoms with Crippen LogP contribution in [0.3, 0.4) is 0 Å². The number of carbonyl (C=O) groups excluding carboxylic acids is 1. The summed E-state index contributed by atoms with van der Waals surface area (Å²) in [5.74, 6) is 0.760. The topological polar surface area (TPSA) is 85.1 Å². The minimum Gasteiger partial charge on any atom is -0.493 e. The van der Waals surface area contributed by atoms with E-state index in [1.54, 1.807) is 18.1 Å². The Morgan fingerprint density at radius 2 is 1.36 bits per heavy atom. The van der Waals surface area contributed by atoms with Crippen LogP contribution in [0, 0.1) is 10.1 Å². The van der Waals surface area contributed by atoms with Gasteiger partial charge in [0.15, 0.2) is 11.5 Å². The second-order valence-corrected chi connectivity index (χ2v) is 11.5. The van der Waals surface area contributed by atoms with Crippen molar-refractivity contribution in [2.24, 2.45) is 0 Å². The summed E-state index contributed by atoms with van der Waals surface area (Å²) in [6, 6.07) is 37.9. The first-order valence-electron chi connectivity index (χ1n) is 14.4. The van der Waals surface area contributed by atoms with Gasteiger partial charge in [-0.1, -0.05) is 91.0 Å². The maximum atomic E-state index is 14.4. The van der Waals surface area contributed by atoms with E-state index in [0.29, 0.717) is 34.8 Å². The molecule has 0 aromatic heterocycles. The van der Waals surface area contributed by atoms with E-state index < -0.39 is 11.1 Å². The molecule has 0 spiro atoms. The fourth-order valence-electron chi connectivity index (χ4n) is 5.63. The lowest BCUT2D eigenvalue weighted by molar-refractivity contribution is -0.384. The molecule has 9 heteroatoms. The van der Waals surface area contributed by atoms with Crippen LogP contribution in [0.15, 0.2) is 126 Å². The molecule has 1 aliphatic heterocycles. The molecule has 0 unspecified atom stereocenters. The molecule has 6 rings (SSSR count). The van der Waals surface area contributed by atoms with E-state index in [2.05, 4.69) is 20.8 Å². The van der Waals surface area contributed by atoms with Crippen LogP contribution < -0.4 is 14.4 Å². The molecule has 0 radical (unpaired) electrons. The van der Waals surface area contributed by atoms with Crippen molar-refractivity contribution in [3.8, 4) is 11.5 Å². The SMILES string of the molecule is COc1cc([C@H]2N(Cc3ccccc3)C(=O)c3cc([N+](=O)[O-])ccc3N2Cc2ccccc2)cc(Br)c1OCc1ccccc1. The van der Waals surface area contributed by atoms with E-state index in [0.717, 1.165) is 22.3 Å². The van der Waals surface area contributed by atoms with Gasteiger partial charge in [0.1, 0.15) is 12.8 Å². The van der Waals surface area contributed by atoms with Gasteiger partial charge in [-0.25, -0.2) is 0 Å². The molecule has 1 amide bonds. The Labute approximate surface area is 269 Å². The molecule has 0 fully saturated rings. The smallest absolute Gasteiger partial charge is 0.270 e. The molecule has 1 atom stereocenters. The fourth-order valence-corrected chi connectivity index (χ4v) is 6.21. The van der Waals surface area contributed by atoms with Crippen LogP contribution >= 0.6 is 15.9 Å². The van der Waals surface area contributed by atoms with Crippen molar-refractivity contribution in [1.29, 1.82) is 0 Å². The van der Waals surface area contributed by atoms with Crippen LogP contribution in [0.25, 0.3) is 0 Å². The van der Waals surface area contributed by atoms with Crippen LogP contribution in [-0.4, -0.2) is 22.8 Å². The minimum absolute atomic E-state index is 0.135. The Bertz CT molecular complexity index is 1820. The van der Waals surface area contributed by atoms with E-state index in [1.807, 2.05) is 103 Å². The number of hydrogen-bond donors (Lipinski definition) is 0. The summed E-state index contributed by atoms with van der Waals surface area (Å²) in [6.07, 6.45) is -0.583. The molecule has 5 aromatic carbocycles. The lowest BCUT2D eigenvalue weighted by atomic mass is 9.98. The molecule has 1 heterocycles. The molecule has 1 aliphatic rings. The molecule has 5 aromatic rings. The Morgan fingerprint density at radius 1 is 0.778 bits per heavy atom. The van der Waals surface area contributed by atoms with Crippen molar-refractivity contribution < 1.29 is 19.2 Å². The molecule has 0 aliphatic carbocycles. The van der Waals surface area contributed by atoms with Crippen LogP contribution in [0.1, 0.15) is 38.8 Å². The number of fused-ring (bicyclic) bond motifs is 1. The fraction of sp³-hybridized carbons (Fsp3) is 0.139. The summed E-state index contributed by atoms with van der Waals surface area (Å²) in [5, 5.41) is 11.7. The van der Waals surface area contributed by atoms with Gasteiger partial charge in [-0.15, -0.1) is 0 Å². The van der Waals surface area contributed by atoms with Gasteiger partial charge < -0.3 is 19.3 Å². The summed E-state index contributed by atoms with van der Waals surface area (Å²) in [4.78, 5) is 29.5. The third kappa shape index (κ3) is 6.39. The third-order valence-electron chi connectivity index (χ3n) is 7.75. The highest BCUT2D eigenvalue weighted by Crippen LogP contribution is 2.46. The number of carbonyl (C=O) groups is 1. The second-order valence-electron chi connectivity index (χ2n) is 10.7. The molecule has 8 nitrogen and oxygen atoms in total. The maximum Gasteiger partial charge on any atom is 0.270 e. The Kier molecular flexibility index (Phi) is 8.79. The number of methoxy groups -OCH3 is 1. The van der Waals surface area contributed by atoms with Crippen LogP contribution in [-0.2, 0) is 19.7 Å². The Balaban J connectivity index is 1.49. The monoisotopic (exact) mass is 663 g/mol. The number of amides is 1. The van der Waals surface area contributed by atoms with E-state index in [4.69, 9.17) is 9.47 Å². The Hall–Kier alpha value is -5.15. The van der Waals surface area contributed by atoms with E-state index in [9.17, 15) is 14.9 Å². The number of hydrogen-bond acceptors (Lipinski definition) is 6. The largest absolute Gasteiger partial charge is 0.493 e. The zero-order valence-electron chi connectivity index (χ0n) is 24.5. The van der Waals surface area contributed by atoms with Crippen LogP contribution in [0.4, 0.5) is 11.4 Å². The molecule has 226 valence electrons. The van der Waals surface area contributed by atoms with Gasteiger partial charge in [-0.3, -0.25) is 14.9 Å².